The van der Waals surface area contributed by atoms with Crippen molar-refractivity contribution in [2.24, 2.45) is 5.73 Å². The summed E-state index contributed by atoms with van der Waals surface area (Å²) in [5.41, 5.74) is 9.65. The third-order valence-electron chi connectivity index (χ3n) is 4.37. The zero-order valence-electron chi connectivity index (χ0n) is 13.3. The van der Waals surface area contributed by atoms with E-state index < -0.39 is 6.04 Å². The van der Waals surface area contributed by atoms with E-state index in [9.17, 15) is 4.79 Å². The molecule has 2 atom stereocenters. The normalized spacial score (nSPS) is 18.3. The van der Waals surface area contributed by atoms with Gasteiger partial charge in [0.2, 0.25) is 5.91 Å². The summed E-state index contributed by atoms with van der Waals surface area (Å²) in [6, 6.07) is 18.0. The molecule has 2 aromatic carbocycles. The molecule has 2 aromatic rings. The molecule has 0 bridgehead atoms. The topological polar surface area (TPSA) is 55.6 Å². The SMILES string of the molecule is COCC(N)C(=O)N1Cc2ccccc2C(c2ccccc2)C1. The van der Waals surface area contributed by atoms with E-state index in [0.717, 1.165) is 0 Å². The largest absolute Gasteiger partial charge is 0.383 e. The van der Waals surface area contributed by atoms with Crippen molar-refractivity contribution in [3.63, 3.8) is 0 Å². The van der Waals surface area contributed by atoms with Gasteiger partial charge in [0.1, 0.15) is 6.04 Å². The summed E-state index contributed by atoms with van der Waals surface area (Å²) in [7, 11) is 1.56. The van der Waals surface area contributed by atoms with Crippen molar-refractivity contribution < 1.29 is 9.53 Å². The van der Waals surface area contributed by atoms with E-state index in [0.29, 0.717) is 13.1 Å². The summed E-state index contributed by atoms with van der Waals surface area (Å²) in [4.78, 5) is 14.4. The van der Waals surface area contributed by atoms with Crippen LogP contribution < -0.4 is 5.73 Å². The van der Waals surface area contributed by atoms with Gasteiger partial charge in [-0.1, -0.05) is 54.6 Å². The molecule has 2 N–H and O–H groups in total. The van der Waals surface area contributed by atoms with Gasteiger partial charge in [0.15, 0.2) is 0 Å². The monoisotopic (exact) mass is 310 g/mol. The Balaban J connectivity index is 1.92. The van der Waals surface area contributed by atoms with Crippen LogP contribution in [0.2, 0.25) is 0 Å². The minimum Gasteiger partial charge on any atom is -0.383 e. The van der Waals surface area contributed by atoms with Gasteiger partial charge in [-0.05, 0) is 16.7 Å². The van der Waals surface area contributed by atoms with Crippen molar-refractivity contribution in [1.29, 1.82) is 0 Å². The molecule has 120 valence electrons. The zero-order chi connectivity index (χ0) is 16.2. The molecule has 4 heteroatoms. The number of fused-ring (bicyclic) bond motifs is 1. The number of nitrogens with zero attached hydrogens (tertiary/aromatic N) is 1. The molecular weight excluding hydrogens is 288 g/mol. The lowest BCUT2D eigenvalue weighted by atomic mass is 9.84. The van der Waals surface area contributed by atoms with Crippen LogP contribution >= 0.6 is 0 Å². The number of carbonyl (C=O) groups excluding carboxylic acids is 1. The van der Waals surface area contributed by atoms with Gasteiger partial charge in [0.25, 0.3) is 0 Å². The first-order valence-electron chi connectivity index (χ1n) is 7.86. The predicted molar refractivity (Wildman–Crippen MR) is 90.0 cm³/mol. The van der Waals surface area contributed by atoms with E-state index in [1.807, 2.05) is 29.2 Å². The van der Waals surface area contributed by atoms with Crippen molar-refractivity contribution in [1.82, 2.24) is 4.90 Å². The Morgan fingerprint density at radius 1 is 1.22 bits per heavy atom. The van der Waals surface area contributed by atoms with Crippen molar-refractivity contribution in [2.75, 3.05) is 20.3 Å². The number of nitrogens with two attached hydrogens (primary N) is 1. The Morgan fingerprint density at radius 3 is 2.65 bits per heavy atom. The summed E-state index contributed by atoms with van der Waals surface area (Å²) < 4.78 is 5.02. The molecule has 0 fully saturated rings. The van der Waals surface area contributed by atoms with Crippen molar-refractivity contribution in [3.8, 4) is 0 Å². The highest BCUT2D eigenvalue weighted by Gasteiger charge is 2.31. The number of hydrogen-bond donors (Lipinski definition) is 1. The highest BCUT2D eigenvalue weighted by atomic mass is 16.5. The standard InChI is InChI=1S/C19H22N2O2/c1-23-13-18(20)19(22)21-11-15-9-5-6-10-16(15)17(12-21)14-7-3-2-4-8-14/h2-10,17-18H,11-13,20H2,1H3. The first-order chi connectivity index (χ1) is 11.2. The average molecular weight is 310 g/mol. The third-order valence-corrected chi connectivity index (χ3v) is 4.37. The first kappa shape index (κ1) is 15.7. The van der Waals surface area contributed by atoms with E-state index in [1.165, 1.54) is 16.7 Å². The molecule has 0 spiro atoms. The number of benzene rings is 2. The molecule has 0 radical (unpaired) electrons. The van der Waals surface area contributed by atoms with Crippen LogP contribution in [0.3, 0.4) is 0 Å². The molecule has 1 amide bonds. The molecule has 0 aromatic heterocycles. The van der Waals surface area contributed by atoms with Gasteiger partial charge in [0.05, 0.1) is 6.61 Å². The smallest absolute Gasteiger partial charge is 0.242 e. The predicted octanol–water partition coefficient (Wildman–Crippen LogP) is 2.13. The Kier molecular flexibility index (Phi) is 4.74. The van der Waals surface area contributed by atoms with Gasteiger partial charge in [-0.25, -0.2) is 0 Å². The molecule has 4 nitrogen and oxygen atoms in total. The van der Waals surface area contributed by atoms with E-state index in [4.69, 9.17) is 10.5 Å². The Labute approximate surface area is 136 Å². The lowest BCUT2D eigenvalue weighted by Gasteiger charge is -2.36. The van der Waals surface area contributed by atoms with E-state index in [2.05, 4.69) is 30.3 Å². The average Bonchev–Trinajstić information content (AvgIpc) is 2.61. The van der Waals surface area contributed by atoms with Gasteiger partial charge in [-0.3, -0.25) is 4.79 Å². The van der Waals surface area contributed by atoms with Gasteiger partial charge in [-0.15, -0.1) is 0 Å². The fraction of sp³-hybridized carbons (Fsp3) is 0.316. The van der Waals surface area contributed by atoms with E-state index >= 15 is 0 Å². The number of carbonyl (C=O) groups is 1. The molecule has 23 heavy (non-hydrogen) atoms. The fourth-order valence-corrected chi connectivity index (χ4v) is 3.23. The summed E-state index contributed by atoms with van der Waals surface area (Å²) in [6.07, 6.45) is 0. The Hall–Kier alpha value is -2.17. The van der Waals surface area contributed by atoms with E-state index in [1.54, 1.807) is 7.11 Å². The molecule has 0 saturated carbocycles. The van der Waals surface area contributed by atoms with Crippen LogP contribution in [-0.2, 0) is 16.1 Å². The molecule has 0 aliphatic carbocycles. The molecular formula is C19H22N2O2. The number of rotatable bonds is 4. The number of hydrogen-bond acceptors (Lipinski definition) is 3. The highest BCUT2D eigenvalue weighted by molar-refractivity contribution is 5.82. The number of methoxy groups -OCH3 is 1. The lowest BCUT2D eigenvalue weighted by molar-refractivity contribution is -0.134. The first-order valence-corrected chi connectivity index (χ1v) is 7.86. The molecule has 1 aliphatic heterocycles. The minimum absolute atomic E-state index is 0.0534. The van der Waals surface area contributed by atoms with Crippen molar-refractivity contribution >= 4 is 5.91 Å². The van der Waals surface area contributed by atoms with Crippen molar-refractivity contribution in [2.45, 2.75) is 18.5 Å². The third kappa shape index (κ3) is 3.28. The molecule has 1 aliphatic rings. The molecule has 3 rings (SSSR count). The van der Waals surface area contributed by atoms with Crippen LogP contribution in [0, 0.1) is 0 Å². The summed E-state index contributed by atoms with van der Waals surface area (Å²) in [5.74, 6) is 0.127. The fourth-order valence-electron chi connectivity index (χ4n) is 3.23. The van der Waals surface area contributed by atoms with Crippen LogP contribution in [-0.4, -0.2) is 37.1 Å². The Morgan fingerprint density at radius 2 is 1.91 bits per heavy atom. The number of amides is 1. The van der Waals surface area contributed by atoms with Gasteiger partial charge >= 0.3 is 0 Å². The van der Waals surface area contributed by atoms with Gasteiger partial charge in [0, 0.05) is 26.1 Å². The van der Waals surface area contributed by atoms with Crippen molar-refractivity contribution in [3.05, 3.63) is 71.3 Å². The second-order valence-corrected chi connectivity index (χ2v) is 5.94. The van der Waals surface area contributed by atoms with Crippen LogP contribution in [0.1, 0.15) is 22.6 Å². The summed E-state index contributed by atoms with van der Waals surface area (Å²) >= 11 is 0. The van der Waals surface area contributed by atoms with Crippen LogP contribution in [0.15, 0.2) is 54.6 Å². The van der Waals surface area contributed by atoms with Gasteiger partial charge in [-0.2, -0.15) is 0 Å². The van der Waals surface area contributed by atoms with Crippen LogP contribution in [0.4, 0.5) is 0 Å². The maximum Gasteiger partial charge on any atom is 0.242 e. The Bertz CT molecular complexity index is 672. The molecule has 1 heterocycles. The van der Waals surface area contributed by atoms with E-state index in [-0.39, 0.29) is 18.4 Å². The zero-order valence-corrected chi connectivity index (χ0v) is 13.3. The van der Waals surface area contributed by atoms with Gasteiger partial charge < -0.3 is 15.4 Å². The minimum atomic E-state index is -0.610. The molecule has 0 saturated heterocycles. The maximum absolute atomic E-state index is 12.6. The maximum atomic E-state index is 12.6. The quantitative estimate of drug-likeness (QED) is 0.941. The number of ether oxygens (including phenoxy) is 1. The summed E-state index contributed by atoms with van der Waals surface area (Å²) in [6.45, 7) is 1.50. The van der Waals surface area contributed by atoms with Crippen LogP contribution in [0.25, 0.3) is 0 Å². The van der Waals surface area contributed by atoms with Crippen LogP contribution in [0.5, 0.6) is 0 Å². The second-order valence-electron chi connectivity index (χ2n) is 5.94. The summed E-state index contributed by atoms with van der Waals surface area (Å²) in [5, 5.41) is 0. The highest BCUT2D eigenvalue weighted by Crippen LogP contribution is 2.33. The molecule has 2 unspecified atom stereocenters. The lowest BCUT2D eigenvalue weighted by Crippen LogP contribution is -2.48. The second kappa shape index (κ2) is 6.94.